The van der Waals surface area contributed by atoms with Crippen molar-refractivity contribution in [3.63, 3.8) is 0 Å². The Kier molecular flexibility index (Phi) is 2.22. The van der Waals surface area contributed by atoms with Gasteiger partial charge in [-0.25, -0.2) is 0 Å². The Labute approximate surface area is 106 Å². The van der Waals surface area contributed by atoms with Gasteiger partial charge in [-0.2, -0.15) is 0 Å². The molecule has 0 aromatic heterocycles. The number of Topliss-reactive ketones (excluding diaryl/α,β-unsaturated/α-hetero) is 2. The van der Waals surface area contributed by atoms with Crippen LogP contribution in [0.2, 0.25) is 0 Å². The molecule has 0 heterocycles. The van der Waals surface area contributed by atoms with Gasteiger partial charge in [-0.15, -0.1) is 0 Å². The number of allylic oxidation sites excluding steroid dienone is 4. The maximum absolute atomic E-state index is 12.6. The number of ether oxygens (including phenoxy) is 2. The zero-order valence-electron chi connectivity index (χ0n) is 10.7. The van der Waals surface area contributed by atoms with Crippen LogP contribution in [-0.4, -0.2) is 25.8 Å². The van der Waals surface area contributed by atoms with Crippen molar-refractivity contribution in [2.24, 2.45) is 23.2 Å². The Morgan fingerprint density at radius 2 is 1.83 bits per heavy atom. The monoisotopic (exact) mass is 249 g/mol. The Morgan fingerprint density at radius 3 is 2.44 bits per heavy atom. The van der Waals surface area contributed by atoms with Crippen molar-refractivity contribution in [2.45, 2.75) is 13.3 Å². The zero-order valence-corrected chi connectivity index (χ0v) is 10.7. The number of ketones is 2. The second-order valence-electron chi connectivity index (χ2n) is 5.41. The summed E-state index contributed by atoms with van der Waals surface area (Å²) in [5.41, 5.74) is -0.649. The molecule has 0 spiro atoms. The van der Waals surface area contributed by atoms with Crippen molar-refractivity contribution in [1.29, 1.82) is 0 Å². The van der Waals surface area contributed by atoms with Gasteiger partial charge in [0.1, 0.15) is 0 Å². The Morgan fingerprint density at radius 1 is 1.17 bits per heavy atom. The van der Waals surface area contributed by atoms with E-state index in [-0.39, 0.29) is 40.8 Å². The third-order valence-electron chi connectivity index (χ3n) is 4.78. The molecule has 0 aromatic rings. The maximum Gasteiger partial charge on any atom is 0.208 e. The molecular weight excluding hydrogens is 233 g/mol. The first-order chi connectivity index (χ1) is 8.55. The fourth-order valence-corrected chi connectivity index (χ4v) is 3.85. The second kappa shape index (κ2) is 3.46. The smallest absolute Gasteiger partial charge is 0.208 e. The zero-order chi connectivity index (χ0) is 13.1. The summed E-state index contributed by atoms with van der Waals surface area (Å²) in [6.45, 7) is 1.89. The van der Waals surface area contributed by atoms with E-state index in [1.165, 1.54) is 14.2 Å². The molecule has 0 radical (unpaired) electrons. The van der Waals surface area contributed by atoms with Gasteiger partial charge in [-0.3, -0.25) is 9.59 Å². The molecule has 0 aliphatic heterocycles. The molecule has 4 heteroatoms. The number of carbonyl (C=O) groups is 2. The maximum atomic E-state index is 12.6. The van der Waals surface area contributed by atoms with Crippen molar-refractivity contribution in [1.82, 2.24) is 0 Å². The van der Waals surface area contributed by atoms with Crippen molar-refractivity contribution >= 4 is 11.6 Å². The summed E-state index contributed by atoms with van der Waals surface area (Å²) in [5, 5.41) is 0. The predicted octanol–water partition coefficient (Wildman–Crippen LogP) is 1.47. The summed E-state index contributed by atoms with van der Waals surface area (Å²) in [5.74, 6) is 0.0195. The molecule has 0 aromatic carbocycles. The first-order valence-electron chi connectivity index (χ1n) is 6.15. The van der Waals surface area contributed by atoms with E-state index in [1.54, 1.807) is 0 Å². The van der Waals surface area contributed by atoms with Crippen molar-refractivity contribution in [3.8, 4) is 0 Å². The lowest BCUT2D eigenvalue weighted by Gasteiger charge is -2.40. The first kappa shape index (κ1) is 11.5. The fraction of sp³-hybridized carbons (Fsp3) is 0.571. The summed E-state index contributed by atoms with van der Waals surface area (Å²) in [7, 11) is 2.82. The lowest BCUT2D eigenvalue weighted by molar-refractivity contribution is -0.143. The lowest BCUT2D eigenvalue weighted by atomic mass is 9.64. The van der Waals surface area contributed by atoms with Crippen molar-refractivity contribution in [2.75, 3.05) is 14.2 Å². The van der Waals surface area contributed by atoms with Crippen LogP contribution in [0.3, 0.4) is 0 Å². The molecule has 1 fully saturated rings. The van der Waals surface area contributed by atoms with Gasteiger partial charge in [0.2, 0.25) is 23.1 Å². The van der Waals surface area contributed by atoms with E-state index in [0.717, 1.165) is 6.42 Å². The Hall–Kier alpha value is -1.58. The molecule has 1 saturated carbocycles. The van der Waals surface area contributed by atoms with Crippen molar-refractivity contribution < 1.29 is 19.1 Å². The average Bonchev–Trinajstić information content (AvgIpc) is 2.93. The third-order valence-corrected chi connectivity index (χ3v) is 4.78. The molecule has 96 valence electrons. The van der Waals surface area contributed by atoms with Crippen LogP contribution in [0.4, 0.5) is 0 Å². The summed E-state index contributed by atoms with van der Waals surface area (Å²) >= 11 is 0. The van der Waals surface area contributed by atoms with Crippen LogP contribution in [-0.2, 0) is 19.1 Å². The molecule has 0 unspecified atom stereocenters. The average molecular weight is 249 g/mol. The summed E-state index contributed by atoms with van der Waals surface area (Å²) in [6, 6.07) is 0. The molecule has 18 heavy (non-hydrogen) atoms. The van der Waals surface area contributed by atoms with E-state index >= 15 is 0 Å². The summed E-state index contributed by atoms with van der Waals surface area (Å²) in [4.78, 5) is 25.1. The SMILES string of the molecule is COC1=[13C](OC)C(=O)[C@@H]2[C@@H]3C=C[C@@H](C3)[C@]2(C)C1=O. The lowest BCUT2D eigenvalue weighted by Crippen LogP contribution is -2.49. The topological polar surface area (TPSA) is 52.6 Å². The number of methoxy groups -OCH3 is 2. The van der Waals surface area contributed by atoms with E-state index in [4.69, 9.17) is 9.47 Å². The quantitative estimate of drug-likeness (QED) is 0.549. The minimum Gasteiger partial charge on any atom is -0.490 e. The van der Waals surface area contributed by atoms with Gasteiger partial charge in [0.05, 0.1) is 19.6 Å². The normalized spacial score (nSPS) is 41.4. The molecular formula is C14H16O4. The van der Waals surface area contributed by atoms with Crippen LogP contribution in [0.1, 0.15) is 13.3 Å². The molecule has 0 N–H and O–H groups in total. The highest BCUT2D eigenvalue weighted by atomic mass is 16.6. The van der Waals surface area contributed by atoms with Gasteiger partial charge < -0.3 is 9.47 Å². The van der Waals surface area contributed by atoms with E-state index in [1.807, 2.05) is 6.92 Å². The second-order valence-corrected chi connectivity index (χ2v) is 5.41. The number of rotatable bonds is 2. The fourth-order valence-electron chi connectivity index (χ4n) is 3.85. The van der Waals surface area contributed by atoms with Crippen molar-refractivity contribution in [3.05, 3.63) is 23.7 Å². The van der Waals surface area contributed by atoms with E-state index in [0.29, 0.717) is 0 Å². The molecule has 0 amide bonds. The highest BCUT2D eigenvalue weighted by molar-refractivity contribution is 6.14. The molecule has 2 bridgehead atoms. The number of hydrogen-bond acceptors (Lipinski definition) is 4. The third kappa shape index (κ3) is 1.06. The van der Waals surface area contributed by atoms with Crippen LogP contribution in [0.15, 0.2) is 23.7 Å². The van der Waals surface area contributed by atoms with Gasteiger partial charge in [-0.1, -0.05) is 19.1 Å². The molecule has 3 aliphatic rings. The highest BCUT2D eigenvalue weighted by Gasteiger charge is 2.64. The minimum atomic E-state index is -0.649. The standard InChI is InChI=1S/C14H16O4/c1-14-8-5-4-7(6-8)9(14)10(15)11(17-2)12(18-3)13(14)16/h4-5,7-9H,6H2,1-3H3/t7-,8+,9+,14+/m1/s1/i11+1. The number of carbonyl (C=O) groups excluding carboxylic acids is 2. The van der Waals surface area contributed by atoms with Crippen LogP contribution in [0.5, 0.6) is 0 Å². The summed E-state index contributed by atoms with van der Waals surface area (Å²) in [6.07, 6.45) is 5.01. The number of hydrogen-bond donors (Lipinski definition) is 0. The highest BCUT2D eigenvalue weighted by Crippen LogP contribution is 2.60. The van der Waals surface area contributed by atoms with Gasteiger partial charge >= 0.3 is 0 Å². The van der Waals surface area contributed by atoms with Crippen LogP contribution < -0.4 is 0 Å². The summed E-state index contributed by atoms with van der Waals surface area (Å²) < 4.78 is 10.2. The largest absolute Gasteiger partial charge is 0.490 e. The molecule has 3 aliphatic carbocycles. The van der Waals surface area contributed by atoms with E-state index < -0.39 is 5.41 Å². The van der Waals surface area contributed by atoms with Crippen LogP contribution >= 0.6 is 0 Å². The first-order valence-corrected chi connectivity index (χ1v) is 6.15. The molecule has 4 atom stereocenters. The van der Waals surface area contributed by atoms with E-state index in [2.05, 4.69) is 12.2 Å². The van der Waals surface area contributed by atoms with Gasteiger partial charge in [0, 0.05) is 5.92 Å². The number of fused-ring (bicyclic) bond motifs is 5. The van der Waals surface area contributed by atoms with Gasteiger partial charge in [-0.05, 0) is 18.3 Å². The van der Waals surface area contributed by atoms with E-state index in [9.17, 15) is 9.59 Å². The van der Waals surface area contributed by atoms with Gasteiger partial charge in [0.15, 0.2) is 0 Å². The Balaban J connectivity index is 2.18. The Bertz CT molecular complexity index is 502. The predicted molar refractivity (Wildman–Crippen MR) is 63.4 cm³/mol. The molecule has 3 rings (SSSR count). The molecule has 4 nitrogen and oxygen atoms in total. The minimum absolute atomic E-state index is 0.0854. The van der Waals surface area contributed by atoms with Crippen LogP contribution in [0, 0.1) is 23.2 Å². The van der Waals surface area contributed by atoms with Crippen LogP contribution in [0.25, 0.3) is 0 Å². The van der Waals surface area contributed by atoms with Gasteiger partial charge in [0.25, 0.3) is 0 Å². The molecule has 0 saturated heterocycles.